The summed E-state index contributed by atoms with van der Waals surface area (Å²) < 4.78 is 13.1. The predicted octanol–water partition coefficient (Wildman–Crippen LogP) is 3.37. The lowest BCUT2D eigenvalue weighted by molar-refractivity contribution is 0.0691. The molecule has 0 aromatic heterocycles. The van der Waals surface area contributed by atoms with Crippen LogP contribution in [0.2, 0.25) is 0 Å². The maximum atomic E-state index is 13.1. The predicted molar refractivity (Wildman–Crippen MR) is 67.1 cm³/mol. The van der Waals surface area contributed by atoms with E-state index in [1.807, 2.05) is 11.8 Å². The lowest BCUT2D eigenvalue weighted by atomic mass is 10.2. The Bertz CT molecular complexity index is 369. The highest BCUT2D eigenvalue weighted by molar-refractivity contribution is 8.02. The molecule has 1 rings (SSSR count). The number of halogens is 1. The SMILES string of the molecule is CCSCCSc1ccc(F)c(C(=O)O)c1. The molecule has 5 heteroatoms. The Morgan fingerprint density at radius 3 is 2.81 bits per heavy atom. The van der Waals surface area contributed by atoms with Crippen LogP contribution in [-0.2, 0) is 0 Å². The van der Waals surface area contributed by atoms with Crippen molar-refractivity contribution in [1.29, 1.82) is 0 Å². The first-order chi connectivity index (χ1) is 7.65. The molecule has 0 radical (unpaired) electrons. The van der Waals surface area contributed by atoms with Crippen molar-refractivity contribution in [2.45, 2.75) is 11.8 Å². The van der Waals surface area contributed by atoms with Crippen molar-refractivity contribution in [3.63, 3.8) is 0 Å². The van der Waals surface area contributed by atoms with E-state index >= 15 is 0 Å². The molecular weight excluding hydrogens is 247 g/mol. The summed E-state index contributed by atoms with van der Waals surface area (Å²) in [6.45, 7) is 2.09. The maximum Gasteiger partial charge on any atom is 0.338 e. The molecule has 1 N–H and O–H groups in total. The first-order valence-corrected chi connectivity index (χ1v) is 7.02. The Morgan fingerprint density at radius 2 is 2.19 bits per heavy atom. The molecule has 0 aliphatic rings. The van der Waals surface area contributed by atoms with Gasteiger partial charge in [-0.25, -0.2) is 9.18 Å². The van der Waals surface area contributed by atoms with Gasteiger partial charge in [0.1, 0.15) is 5.82 Å². The largest absolute Gasteiger partial charge is 0.478 e. The van der Waals surface area contributed by atoms with Crippen LogP contribution < -0.4 is 0 Å². The van der Waals surface area contributed by atoms with Gasteiger partial charge in [-0.3, -0.25) is 0 Å². The molecule has 1 aromatic rings. The molecule has 16 heavy (non-hydrogen) atoms. The molecule has 1 aromatic carbocycles. The number of hydrogen-bond acceptors (Lipinski definition) is 3. The second-order valence-electron chi connectivity index (χ2n) is 2.99. The van der Waals surface area contributed by atoms with Crippen LogP contribution in [0.3, 0.4) is 0 Å². The van der Waals surface area contributed by atoms with Crippen LogP contribution in [-0.4, -0.2) is 28.3 Å². The van der Waals surface area contributed by atoms with Gasteiger partial charge >= 0.3 is 5.97 Å². The molecule has 0 fully saturated rings. The minimum Gasteiger partial charge on any atom is -0.478 e. The van der Waals surface area contributed by atoms with E-state index in [1.54, 1.807) is 17.8 Å². The van der Waals surface area contributed by atoms with Gasteiger partial charge in [0.2, 0.25) is 0 Å². The first kappa shape index (κ1) is 13.4. The van der Waals surface area contributed by atoms with Gasteiger partial charge in [0.15, 0.2) is 0 Å². The molecule has 0 aliphatic heterocycles. The van der Waals surface area contributed by atoms with Crippen molar-refractivity contribution < 1.29 is 14.3 Å². The van der Waals surface area contributed by atoms with Crippen LogP contribution in [0.5, 0.6) is 0 Å². The average molecular weight is 260 g/mol. The highest BCUT2D eigenvalue weighted by Crippen LogP contribution is 2.22. The zero-order valence-electron chi connectivity index (χ0n) is 8.90. The van der Waals surface area contributed by atoms with Crippen LogP contribution in [0, 0.1) is 5.82 Å². The van der Waals surface area contributed by atoms with Gasteiger partial charge in [-0.2, -0.15) is 11.8 Å². The third-order valence-corrected chi connectivity index (χ3v) is 4.02. The minimum atomic E-state index is -1.22. The maximum absolute atomic E-state index is 13.1. The zero-order chi connectivity index (χ0) is 12.0. The number of thioether (sulfide) groups is 2. The Hall–Kier alpha value is -0.680. The number of rotatable bonds is 6. The van der Waals surface area contributed by atoms with Gasteiger partial charge in [-0.1, -0.05) is 6.92 Å². The Balaban J connectivity index is 2.61. The van der Waals surface area contributed by atoms with Gasteiger partial charge in [-0.05, 0) is 24.0 Å². The molecule has 0 saturated heterocycles. The van der Waals surface area contributed by atoms with Gasteiger partial charge < -0.3 is 5.11 Å². The average Bonchev–Trinajstić information content (AvgIpc) is 2.26. The van der Waals surface area contributed by atoms with E-state index in [2.05, 4.69) is 6.92 Å². The fraction of sp³-hybridized carbons (Fsp3) is 0.364. The van der Waals surface area contributed by atoms with Crippen LogP contribution in [0.1, 0.15) is 17.3 Å². The van der Waals surface area contributed by atoms with Crippen molar-refractivity contribution in [1.82, 2.24) is 0 Å². The summed E-state index contributed by atoms with van der Waals surface area (Å²) in [5.74, 6) is 1.09. The molecule has 0 saturated carbocycles. The summed E-state index contributed by atoms with van der Waals surface area (Å²) in [6.07, 6.45) is 0. The number of carbonyl (C=O) groups is 1. The van der Waals surface area contributed by atoms with Crippen molar-refractivity contribution in [3.05, 3.63) is 29.6 Å². The number of hydrogen-bond donors (Lipinski definition) is 1. The highest BCUT2D eigenvalue weighted by Gasteiger charge is 2.10. The van der Waals surface area contributed by atoms with Crippen LogP contribution >= 0.6 is 23.5 Å². The number of benzene rings is 1. The van der Waals surface area contributed by atoms with Crippen LogP contribution in [0.4, 0.5) is 4.39 Å². The number of carboxylic acid groups (broad SMARTS) is 1. The molecule has 0 spiro atoms. The molecular formula is C11H13FO2S2. The quantitative estimate of drug-likeness (QED) is 0.628. The summed E-state index contributed by atoms with van der Waals surface area (Å²) >= 11 is 3.38. The Kier molecular flexibility index (Phi) is 5.69. The first-order valence-electron chi connectivity index (χ1n) is 4.88. The van der Waals surface area contributed by atoms with Crippen molar-refractivity contribution in [3.8, 4) is 0 Å². The molecule has 0 atom stereocenters. The second kappa shape index (κ2) is 6.81. The third kappa shape index (κ3) is 4.06. The van der Waals surface area contributed by atoms with Crippen LogP contribution in [0.15, 0.2) is 23.1 Å². The van der Waals surface area contributed by atoms with Crippen molar-refractivity contribution in [2.24, 2.45) is 0 Å². The smallest absolute Gasteiger partial charge is 0.338 e. The Labute approximate surface area is 103 Å². The molecule has 0 unspecified atom stereocenters. The van der Waals surface area contributed by atoms with E-state index in [4.69, 9.17) is 5.11 Å². The summed E-state index contributed by atoms with van der Waals surface area (Å²) in [5.41, 5.74) is -0.256. The molecule has 88 valence electrons. The normalized spacial score (nSPS) is 10.4. The summed E-state index contributed by atoms with van der Waals surface area (Å²) in [6, 6.07) is 4.21. The van der Waals surface area contributed by atoms with E-state index in [9.17, 15) is 9.18 Å². The van der Waals surface area contributed by atoms with Crippen LogP contribution in [0.25, 0.3) is 0 Å². The van der Waals surface area contributed by atoms with Gasteiger partial charge in [0.25, 0.3) is 0 Å². The van der Waals surface area contributed by atoms with E-state index in [1.165, 1.54) is 12.1 Å². The standard InChI is InChI=1S/C11H13FO2S2/c1-2-15-5-6-16-8-3-4-10(12)9(7-8)11(13)14/h3-4,7H,2,5-6H2,1H3,(H,13,14). The zero-order valence-corrected chi connectivity index (χ0v) is 10.5. The number of carboxylic acids is 1. The van der Waals surface area contributed by atoms with Gasteiger partial charge in [0, 0.05) is 16.4 Å². The monoisotopic (exact) mass is 260 g/mol. The Morgan fingerprint density at radius 1 is 1.44 bits per heavy atom. The van der Waals surface area contributed by atoms with E-state index in [0.29, 0.717) is 0 Å². The topological polar surface area (TPSA) is 37.3 Å². The molecule has 2 nitrogen and oxygen atoms in total. The second-order valence-corrected chi connectivity index (χ2v) is 5.55. The lowest BCUT2D eigenvalue weighted by Crippen LogP contribution is -2.00. The van der Waals surface area contributed by atoms with Gasteiger partial charge in [0.05, 0.1) is 5.56 Å². The lowest BCUT2D eigenvalue weighted by Gasteiger charge is -2.03. The molecule has 0 heterocycles. The van der Waals surface area contributed by atoms with Crippen molar-refractivity contribution >= 4 is 29.5 Å². The van der Waals surface area contributed by atoms with Gasteiger partial charge in [-0.15, -0.1) is 11.8 Å². The van der Waals surface area contributed by atoms with E-state index in [0.717, 1.165) is 22.2 Å². The molecule has 0 amide bonds. The minimum absolute atomic E-state index is 0.256. The summed E-state index contributed by atoms with van der Waals surface area (Å²) in [7, 11) is 0. The molecule has 0 bridgehead atoms. The summed E-state index contributed by atoms with van der Waals surface area (Å²) in [5, 5.41) is 8.75. The van der Waals surface area contributed by atoms with E-state index in [-0.39, 0.29) is 5.56 Å². The fourth-order valence-corrected chi connectivity index (χ4v) is 2.82. The number of aromatic carboxylic acids is 1. The summed E-state index contributed by atoms with van der Waals surface area (Å²) in [4.78, 5) is 11.5. The fourth-order valence-electron chi connectivity index (χ4n) is 1.12. The third-order valence-electron chi connectivity index (χ3n) is 1.87. The molecule has 0 aliphatic carbocycles. The van der Waals surface area contributed by atoms with E-state index < -0.39 is 11.8 Å². The van der Waals surface area contributed by atoms with Crippen molar-refractivity contribution in [2.75, 3.05) is 17.3 Å². The highest BCUT2D eigenvalue weighted by atomic mass is 32.2.